The summed E-state index contributed by atoms with van der Waals surface area (Å²) >= 11 is 0. The van der Waals surface area contributed by atoms with E-state index in [0.717, 1.165) is 118 Å². The van der Waals surface area contributed by atoms with Gasteiger partial charge in [-0.05, 0) is 89.3 Å². The molecule has 3 saturated heterocycles. The summed E-state index contributed by atoms with van der Waals surface area (Å²) in [4.78, 5) is 24.4. The van der Waals surface area contributed by atoms with Crippen molar-refractivity contribution in [2.45, 2.75) is 78.2 Å². The molecular weight excluding hydrogens is 490 g/mol. The number of aromatic hydroxyl groups is 1. The summed E-state index contributed by atoms with van der Waals surface area (Å²) in [6, 6.07) is 0. The number of rotatable bonds is 6. The van der Waals surface area contributed by atoms with E-state index in [2.05, 4.69) is 33.4 Å². The third-order valence-corrected chi connectivity index (χ3v) is 9.58. The van der Waals surface area contributed by atoms with E-state index in [-0.39, 0.29) is 5.60 Å². The lowest BCUT2D eigenvalue weighted by Crippen LogP contribution is -2.49. The molecule has 0 saturated carbocycles. The molecule has 4 aliphatic heterocycles. The predicted molar refractivity (Wildman–Crippen MR) is 156 cm³/mol. The van der Waals surface area contributed by atoms with E-state index in [0.29, 0.717) is 5.75 Å². The van der Waals surface area contributed by atoms with Crippen molar-refractivity contribution in [3.8, 4) is 11.5 Å². The first-order valence-electron chi connectivity index (χ1n) is 15.1. The Labute approximate surface area is 233 Å². The summed E-state index contributed by atoms with van der Waals surface area (Å²) in [6.45, 7) is 17.4. The maximum Gasteiger partial charge on any atom is 0.232 e. The quantitative estimate of drug-likeness (QED) is 0.590. The Morgan fingerprint density at radius 2 is 1.23 bits per heavy atom. The van der Waals surface area contributed by atoms with Crippen LogP contribution in [0.15, 0.2) is 0 Å². The normalized spacial score (nSPS) is 23.8. The Balaban J connectivity index is 1.09. The zero-order chi connectivity index (χ0) is 27.1. The van der Waals surface area contributed by atoms with E-state index >= 15 is 0 Å². The first-order valence-corrected chi connectivity index (χ1v) is 15.1. The van der Waals surface area contributed by atoms with Gasteiger partial charge < -0.3 is 24.5 Å². The number of aromatic nitrogens is 3. The summed E-state index contributed by atoms with van der Waals surface area (Å²) in [5.41, 5.74) is 3.98. The minimum absolute atomic E-state index is 0.186. The highest BCUT2D eigenvalue weighted by Crippen LogP contribution is 2.44. The summed E-state index contributed by atoms with van der Waals surface area (Å²) in [6.07, 6.45) is 7.80. The number of benzene rings is 1. The molecule has 1 unspecified atom stereocenters. The summed E-state index contributed by atoms with van der Waals surface area (Å²) in [5, 5.41) is 10.5. The molecule has 0 bridgehead atoms. The lowest BCUT2D eigenvalue weighted by atomic mass is 9.85. The van der Waals surface area contributed by atoms with E-state index in [1.54, 1.807) is 0 Å². The van der Waals surface area contributed by atoms with E-state index < -0.39 is 0 Å². The fraction of sp³-hybridized carbons (Fsp3) is 0.700. The molecule has 0 radical (unpaired) electrons. The van der Waals surface area contributed by atoms with E-state index in [4.69, 9.17) is 19.7 Å². The van der Waals surface area contributed by atoms with Crippen LogP contribution in [0.3, 0.4) is 0 Å². The predicted octanol–water partition coefficient (Wildman–Crippen LogP) is 4.00. The van der Waals surface area contributed by atoms with Gasteiger partial charge in [-0.2, -0.15) is 15.0 Å². The number of hydrogen-bond acceptors (Lipinski definition) is 9. The van der Waals surface area contributed by atoms with Crippen LogP contribution in [-0.2, 0) is 6.42 Å². The molecule has 5 heterocycles. The third-order valence-electron chi connectivity index (χ3n) is 9.58. The Morgan fingerprint density at radius 3 is 1.77 bits per heavy atom. The monoisotopic (exact) mass is 535 g/mol. The van der Waals surface area contributed by atoms with Gasteiger partial charge in [-0.25, -0.2) is 0 Å². The van der Waals surface area contributed by atoms with Crippen LogP contribution < -0.4 is 19.4 Å². The molecule has 0 aliphatic carbocycles. The zero-order valence-corrected chi connectivity index (χ0v) is 24.3. The molecule has 0 amide bonds. The van der Waals surface area contributed by atoms with Crippen LogP contribution in [0.1, 0.15) is 67.7 Å². The summed E-state index contributed by atoms with van der Waals surface area (Å²) in [7, 11) is 0. The van der Waals surface area contributed by atoms with Crippen molar-refractivity contribution in [1.82, 2.24) is 19.9 Å². The molecule has 0 spiro atoms. The number of hydrogen-bond donors (Lipinski definition) is 1. The van der Waals surface area contributed by atoms with Crippen molar-refractivity contribution >= 4 is 17.8 Å². The second kappa shape index (κ2) is 10.6. The number of ether oxygens (including phenoxy) is 1. The van der Waals surface area contributed by atoms with Gasteiger partial charge in [-0.3, -0.25) is 4.90 Å². The maximum atomic E-state index is 10.5. The fourth-order valence-corrected chi connectivity index (χ4v) is 6.64. The average Bonchev–Trinajstić information content (AvgIpc) is 3.69. The van der Waals surface area contributed by atoms with Gasteiger partial charge in [0.1, 0.15) is 17.1 Å². The molecule has 4 aliphatic rings. The molecular formula is C30H45N7O2. The van der Waals surface area contributed by atoms with Crippen LogP contribution in [0.25, 0.3) is 0 Å². The minimum atomic E-state index is -0.186. The molecule has 39 heavy (non-hydrogen) atoms. The average molecular weight is 536 g/mol. The van der Waals surface area contributed by atoms with Crippen molar-refractivity contribution in [3.63, 3.8) is 0 Å². The number of phenols is 1. The first-order chi connectivity index (χ1) is 18.8. The highest BCUT2D eigenvalue weighted by molar-refractivity contribution is 5.58. The number of fused-ring (bicyclic) bond motifs is 1. The summed E-state index contributed by atoms with van der Waals surface area (Å²) in [5.74, 6) is 3.99. The zero-order valence-electron chi connectivity index (χ0n) is 24.3. The van der Waals surface area contributed by atoms with Crippen LogP contribution in [0.4, 0.5) is 17.8 Å². The maximum absolute atomic E-state index is 10.5. The van der Waals surface area contributed by atoms with Crippen molar-refractivity contribution in [2.24, 2.45) is 0 Å². The number of anilines is 3. The highest BCUT2D eigenvalue weighted by atomic mass is 16.5. The minimum Gasteiger partial charge on any atom is -0.507 e. The molecule has 2 aromatic rings. The SMILES string of the molecule is Cc1c(C)c2c(c(C)c1O)CCC(C)(CCN1CCN(c3nc(N4CCCC4)nc(N4CCCC4)n3)CC1)O2. The van der Waals surface area contributed by atoms with Gasteiger partial charge in [0, 0.05) is 64.5 Å². The van der Waals surface area contributed by atoms with Gasteiger partial charge >= 0.3 is 0 Å². The van der Waals surface area contributed by atoms with E-state index in [1.807, 2.05) is 13.8 Å². The Hall–Kier alpha value is -2.81. The molecule has 1 atom stereocenters. The highest BCUT2D eigenvalue weighted by Gasteiger charge is 2.35. The van der Waals surface area contributed by atoms with Crippen LogP contribution in [-0.4, -0.2) is 89.5 Å². The van der Waals surface area contributed by atoms with Crippen molar-refractivity contribution in [1.29, 1.82) is 0 Å². The lowest BCUT2D eigenvalue weighted by Gasteiger charge is -2.40. The molecule has 6 rings (SSSR count). The van der Waals surface area contributed by atoms with Gasteiger partial charge in [0.05, 0.1) is 0 Å². The number of phenolic OH excluding ortho intramolecular Hbond substituents is 1. The molecule has 1 N–H and O–H groups in total. The van der Waals surface area contributed by atoms with Crippen LogP contribution in [0.2, 0.25) is 0 Å². The van der Waals surface area contributed by atoms with Crippen LogP contribution in [0.5, 0.6) is 11.5 Å². The smallest absolute Gasteiger partial charge is 0.232 e. The summed E-state index contributed by atoms with van der Waals surface area (Å²) < 4.78 is 6.69. The Bertz CT molecular complexity index is 1170. The Morgan fingerprint density at radius 1 is 0.718 bits per heavy atom. The molecule has 3 fully saturated rings. The fourth-order valence-electron chi connectivity index (χ4n) is 6.64. The molecule has 1 aromatic heterocycles. The van der Waals surface area contributed by atoms with E-state index in [1.165, 1.54) is 31.2 Å². The second-order valence-electron chi connectivity index (χ2n) is 12.3. The molecule has 9 nitrogen and oxygen atoms in total. The van der Waals surface area contributed by atoms with Crippen molar-refractivity contribution in [3.05, 3.63) is 22.3 Å². The second-order valence-corrected chi connectivity index (χ2v) is 12.3. The largest absolute Gasteiger partial charge is 0.507 e. The Kier molecular flexibility index (Phi) is 7.20. The van der Waals surface area contributed by atoms with Gasteiger partial charge in [-0.1, -0.05) is 0 Å². The van der Waals surface area contributed by atoms with Gasteiger partial charge in [0.15, 0.2) is 0 Å². The molecule has 212 valence electrons. The third kappa shape index (κ3) is 5.22. The van der Waals surface area contributed by atoms with Crippen LogP contribution in [0, 0.1) is 20.8 Å². The molecule has 1 aromatic carbocycles. The van der Waals surface area contributed by atoms with Crippen molar-refractivity contribution < 1.29 is 9.84 Å². The first kappa shape index (κ1) is 26.4. The van der Waals surface area contributed by atoms with Crippen LogP contribution >= 0.6 is 0 Å². The topological polar surface area (TPSA) is 81.1 Å². The lowest BCUT2D eigenvalue weighted by molar-refractivity contribution is 0.0428. The molecule has 9 heteroatoms. The van der Waals surface area contributed by atoms with Crippen molar-refractivity contribution in [2.75, 3.05) is 73.6 Å². The van der Waals surface area contributed by atoms with Gasteiger partial charge in [0.25, 0.3) is 0 Å². The number of nitrogens with zero attached hydrogens (tertiary/aromatic N) is 7. The van der Waals surface area contributed by atoms with Gasteiger partial charge in [0.2, 0.25) is 17.8 Å². The standard InChI is InChI=1S/C30H45N7O2/c1-21-22(2)26-24(23(3)25(21)38)9-10-30(4,39-26)11-16-34-17-19-37(20-18-34)29-32-27(35-12-5-6-13-35)31-28(33-29)36-14-7-8-15-36/h38H,5-20H2,1-4H3. The van der Waals surface area contributed by atoms with E-state index in [9.17, 15) is 5.11 Å². The van der Waals surface area contributed by atoms with Gasteiger partial charge in [-0.15, -0.1) is 0 Å². The number of piperazine rings is 1.